The van der Waals surface area contributed by atoms with Crippen LogP contribution in [0.1, 0.15) is 43.2 Å². The third-order valence-electron chi connectivity index (χ3n) is 6.65. The molecule has 160 valence electrons. The van der Waals surface area contributed by atoms with Crippen LogP contribution in [0, 0.1) is 23.7 Å². The Labute approximate surface area is 179 Å². The van der Waals surface area contributed by atoms with E-state index in [1.165, 1.54) is 37.5 Å². The van der Waals surface area contributed by atoms with E-state index in [1.807, 2.05) is 25.1 Å². The number of benzene rings is 2. The molecular weight excluding hydrogens is 376 g/mol. The van der Waals surface area contributed by atoms with E-state index in [4.69, 9.17) is 14.2 Å². The molecule has 0 saturated heterocycles. The molecule has 0 aliphatic heterocycles. The minimum atomic E-state index is -0.131. The molecule has 0 aromatic heterocycles. The lowest BCUT2D eigenvalue weighted by atomic mass is 9.83. The first-order valence-corrected chi connectivity index (χ1v) is 11.0. The molecule has 30 heavy (non-hydrogen) atoms. The van der Waals surface area contributed by atoms with Gasteiger partial charge in [-0.25, -0.2) is 0 Å². The van der Waals surface area contributed by atoms with Crippen molar-refractivity contribution in [3.63, 3.8) is 0 Å². The van der Waals surface area contributed by atoms with E-state index in [0.717, 1.165) is 24.5 Å². The Bertz CT molecular complexity index is 873. The fraction of sp³-hybridized carbons (Fsp3) is 0.500. The summed E-state index contributed by atoms with van der Waals surface area (Å²) in [6, 6.07) is 16.7. The molecule has 2 saturated carbocycles. The number of carbonyl (C=O) groups is 1. The SMILES string of the molecule is COC(=O)[C@@H](C)[C@H](c1cccc(OC[C@@H]2C[C@H]2Cc2cccc(OC)c2)c1)C1CC1. The second kappa shape index (κ2) is 9.11. The van der Waals surface area contributed by atoms with Gasteiger partial charge in [-0.05, 0) is 84.7 Å². The van der Waals surface area contributed by atoms with Crippen LogP contribution in [0.5, 0.6) is 11.5 Å². The molecule has 0 amide bonds. The van der Waals surface area contributed by atoms with Crippen molar-refractivity contribution in [1.29, 1.82) is 0 Å². The van der Waals surface area contributed by atoms with Crippen molar-refractivity contribution in [1.82, 2.24) is 0 Å². The lowest BCUT2D eigenvalue weighted by Crippen LogP contribution is -2.22. The monoisotopic (exact) mass is 408 g/mol. The molecule has 0 bridgehead atoms. The van der Waals surface area contributed by atoms with E-state index in [1.54, 1.807) is 7.11 Å². The van der Waals surface area contributed by atoms with Gasteiger partial charge in [-0.1, -0.05) is 31.2 Å². The van der Waals surface area contributed by atoms with Gasteiger partial charge in [0.25, 0.3) is 0 Å². The van der Waals surface area contributed by atoms with E-state index >= 15 is 0 Å². The first kappa shape index (κ1) is 20.8. The van der Waals surface area contributed by atoms with Crippen molar-refractivity contribution in [2.75, 3.05) is 20.8 Å². The molecule has 4 atom stereocenters. The summed E-state index contributed by atoms with van der Waals surface area (Å²) in [5, 5.41) is 0. The predicted molar refractivity (Wildman–Crippen MR) is 117 cm³/mol. The Balaban J connectivity index is 1.33. The predicted octanol–water partition coefficient (Wildman–Crippen LogP) is 5.26. The van der Waals surface area contributed by atoms with E-state index < -0.39 is 0 Å². The van der Waals surface area contributed by atoms with Crippen LogP contribution in [0.3, 0.4) is 0 Å². The number of hydrogen-bond donors (Lipinski definition) is 0. The smallest absolute Gasteiger partial charge is 0.309 e. The van der Waals surface area contributed by atoms with Gasteiger partial charge in [0.2, 0.25) is 0 Å². The Kier molecular flexibility index (Phi) is 6.31. The summed E-state index contributed by atoms with van der Waals surface area (Å²) in [5.74, 6) is 3.64. The fourth-order valence-corrected chi connectivity index (χ4v) is 4.64. The molecule has 2 fully saturated rings. The topological polar surface area (TPSA) is 44.8 Å². The van der Waals surface area contributed by atoms with Gasteiger partial charge in [0.05, 0.1) is 26.7 Å². The van der Waals surface area contributed by atoms with Crippen molar-refractivity contribution < 1.29 is 19.0 Å². The van der Waals surface area contributed by atoms with Gasteiger partial charge in [0, 0.05) is 0 Å². The largest absolute Gasteiger partial charge is 0.497 e. The summed E-state index contributed by atoms with van der Waals surface area (Å²) >= 11 is 0. The molecule has 0 spiro atoms. The Hall–Kier alpha value is -2.49. The third kappa shape index (κ3) is 4.97. The highest BCUT2D eigenvalue weighted by molar-refractivity contribution is 5.73. The molecule has 0 heterocycles. The van der Waals surface area contributed by atoms with E-state index in [9.17, 15) is 4.79 Å². The standard InChI is InChI=1S/C26H32O4/c1-17(26(27)29-3)25(19-10-11-19)20-7-5-9-24(15-20)30-16-22-14-21(22)12-18-6-4-8-23(13-18)28-2/h4-9,13,15,17,19,21-22,25H,10-12,14,16H2,1-3H3/t17-,21+,22-,25-/m0/s1. The molecule has 2 aromatic carbocycles. The summed E-state index contributed by atoms with van der Waals surface area (Å²) < 4.78 is 16.5. The van der Waals surface area contributed by atoms with E-state index in [-0.39, 0.29) is 17.8 Å². The number of carbonyl (C=O) groups excluding carboxylic acids is 1. The maximum absolute atomic E-state index is 12.1. The van der Waals surface area contributed by atoms with Crippen LogP contribution in [0.4, 0.5) is 0 Å². The van der Waals surface area contributed by atoms with Crippen molar-refractivity contribution in [2.45, 2.75) is 38.5 Å². The summed E-state index contributed by atoms with van der Waals surface area (Å²) in [4.78, 5) is 12.1. The fourth-order valence-electron chi connectivity index (χ4n) is 4.64. The van der Waals surface area contributed by atoms with Crippen LogP contribution < -0.4 is 9.47 Å². The number of hydrogen-bond acceptors (Lipinski definition) is 4. The van der Waals surface area contributed by atoms with Crippen LogP contribution >= 0.6 is 0 Å². The van der Waals surface area contributed by atoms with Crippen molar-refractivity contribution >= 4 is 5.97 Å². The Morgan fingerprint density at radius 3 is 2.53 bits per heavy atom. The third-order valence-corrected chi connectivity index (χ3v) is 6.65. The summed E-state index contributed by atoms with van der Waals surface area (Å²) in [7, 11) is 3.18. The Morgan fingerprint density at radius 2 is 1.80 bits per heavy atom. The number of rotatable bonds is 10. The molecule has 2 aromatic rings. The Morgan fingerprint density at radius 1 is 1.03 bits per heavy atom. The van der Waals surface area contributed by atoms with E-state index in [2.05, 4.69) is 30.3 Å². The molecular formula is C26H32O4. The number of ether oxygens (including phenoxy) is 3. The van der Waals surface area contributed by atoms with Crippen molar-refractivity contribution in [3.8, 4) is 11.5 Å². The van der Waals surface area contributed by atoms with Crippen molar-refractivity contribution in [2.24, 2.45) is 23.7 Å². The molecule has 0 unspecified atom stereocenters. The highest BCUT2D eigenvalue weighted by atomic mass is 16.5. The molecule has 4 heteroatoms. The molecule has 4 nitrogen and oxygen atoms in total. The van der Waals surface area contributed by atoms with Crippen molar-refractivity contribution in [3.05, 3.63) is 59.7 Å². The zero-order chi connectivity index (χ0) is 21.1. The molecule has 0 N–H and O–H groups in total. The summed E-state index contributed by atoms with van der Waals surface area (Å²) in [6.45, 7) is 2.73. The average molecular weight is 409 g/mol. The zero-order valence-electron chi connectivity index (χ0n) is 18.2. The zero-order valence-corrected chi connectivity index (χ0v) is 18.2. The first-order valence-electron chi connectivity index (χ1n) is 11.0. The van der Waals surface area contributed by atoms with E-state index in [0.29, 0.717) is 17.8 Å². The van der Waals surface area contributed by atoms with Crippen LogP contribution in [0.15, 0.2) is 48.5 Å². The van der Waals surface area contributed by atoms with Gasteiger partial charge in [0.15, 0.2) is 0 Å². The highest BCUT2D eigenvalue weighted by Gasteiger charge is 2.40. The minimum Gasteiger partial charge on any atom is -0.497 e. The molecule has 2 aliphatic carbocycles. The van der Waals surface area contributed by atoms with Crippen LogP contribution in [0.25, 0.3) is 0 Å². The highest BCUT2D eigenvalue weighted by Crippen LogP contribution is 2.47. The van der Waals surface area contributed by atoms with Crippen LogP contribution in [0.2, 0.25) is 0 Å². The summed E-state index contributed by atoms with van der Waals surface area (Å²) in [6.07, 6.45) is 4.66. The minimum absolute atomic E-state index is 0.128. The van der Waals surface area contributed by atoms with Crippen LogP contribution in [-0.4, -0.2) is 26.8 Å². The van der Waals surface area contributed by atoms with Crippen LogP contribution in [-0.2, 0) is 16.0 Å². The molecule has 2 aliphatic rings. The van der Waals surface area contributed by atoms with Gasteiger partial charge < -0.3 is 14.2 Å². The maximum Gasteiger partial charge on any atom is 0.309 e. The van der Waals surface area contributed by atoms with Gasteiger partial charge in [-0.3, -0.25) is 4.79 Å². The normalized spacial score (nSPS) is 22.1. The van der Waals surface area contributed by atoms with Gasteiger partial charge in [-0.2, -0.15) is 0 Å². The second-order valence-electron chi connectivity index (χ2n) is 8.87. The first-order chi connectivity index (χ1) is 14.6. The molecule has 0 radical (unpaired) electrons. The number of methoxy groups -OCH3 is 2. The second-order valence-corrected chi connectivity index (χ2v) is 8.87. The lowest BCUT2D eigenvalue weighted by Gasteiger charge is -2.23. The quantitative estimate of drug-likeness (QED) is 0.503. The van der Waals surface area contributed by atoms with Gasteiger partial charge in [0.1, 0.15) is 11.5 Å². The maximum atomic E-state index is 12.1. The lowest BCUT2D eigenvalue weighted by molar-refractivity contribution is -0.145. The summed E-state index contributed by atoms with van der Waals surface area (Å²) in [5.41, 5.74) is 2.52. The number of esters is 1. The average Bonchev–Trinajstić information content (AvgIpc) is 3.70. The van der Waals surface area contributed by atoms with Gasteiger partial charge in [-0.15, -0.1) is 0 Å². The molecule has 4 rings (SSSR count). The van der Waals surface area contributed by atoms with Gasteiger partial charge >= 0.3 is 5.97 Å².